The Hall–Kier alpha value is -5.34. The molecule has 0 aliphatic carbocycles. The summed E-state index contributed by atoms with van der Waals surface area (Å²) in [5, 5.41) is 2.72. The third kappa shape index (κ3) is 8.10. The van der Waals surface area contributed by atoms with E-state index in [0.717, 1.165) is 90.4 Å². The lowest BCUT2D eigenvalue weighted by molar-refractivity contribution is -0.148. The Balaban J connectivity index is 1.02. The van der Waals surface area contributed by atoms with E-state index >= 15 is 0 Å². The van der Waals surface area contributed by atoms with Gasteiger partial charge in [-0.25, -0.2) is 14.8 Å². The van der Waals surface area contributed by atoms with Crippen molar-refractivity contribution in [2.75, 3.05) is 56.7 Å². The summed E-state index contributed by atoms with van der Waals surface area (Å²) in [6.07, 6.45) is 2.81. The van der Waals surface area contributed by atoms with Crippen LogP contribution in [0.25, 0.3) is 22.1 Å². The summed E-state index contributed by atoms with van der Waals surface area (Å²) in [4.78, 5) is 77.0. The summed E-state index contributed by atoms with van der Waals surface area (Å²) in [6.45, 7) is 13.8. The van der Waals surface area contributed by atoms with Crippen molar-refractivity contribution in [2.24, 2.45) is 17.8 Å². The molecule has 57 heavy (non-hydrogen) atoms. The number of nitrogens with zero attached hydrogens (tertiary/aromatic N) is 6. The SMILES string of the molecule is COC(=O)C[C@H](C(=O)N1CCC[C@H]1c1nc2ccc(N3CCN(c4ccc5nc([C@@H]6CCCN6C(=O)[C@@H](NC(=O)OC)C(C)C)[nH]c5c4)C[C@H]3C)cc2[nH]1)C(C)C. The molecule has 5 atom stereocenters. The average molecular weight is 784 g/mol. The molecule has 15 nitrogen and oxygen atoms in total. The fourth-order valence-electron chi connectivity index (χ4n) is 8.89. The van der Waals surface area contributed by atoms with Crippen LogP contribution >= 0.6 is 0 Å². The van der Waals surface area contributed by atoms with Gasteiger partial charge in [0, 0.05) is 50.1 Å². The minimum absolute atomic E-state index is 0.00856. The number of H-pyrrole nitrogens is 2. The van der Waals surface area contributed by atoms with Crippen LogP contribution in [0.15, 0.2) is 36.4 Å². The van der Waals surface area contributed by atoms with Crippen LogP contribution in [0.1, 0.15) is 90.5 Å². The number of esters is 1. The number of fused-ring (bicyclic) bond motifs is 2. The highest BCUT2D eigenvalue weighted by Crippen LogP contribution is 2.37. The van der Waals surface area contributed by atoms with Crippen molar-refractivity contribution in [3.63, 3.8) is 0 Å². The van der Waals surface area contributed by atoms with Gasteiger partial charge in [0.15, 0.2) is 0 Å². The van der Waals surface area contributed by atoms with Gasteiger partial charge in [0.25, 0.3) is 0 Å². The summed E-state index contributed by atoms with van der Waals surface area (Å²) in [7, 11) is 2.66. The normalized spacial score (nSPS) is 21.2. The van der Waals surface area contributed by atoms with Gasteiger partial charge in [-0.2, -0.15) is 0 Å². The summed E-state index contributed by atoms with van der Waals surface area (Å²) >= 11 is 0. The summed E-state index contributed by atoms with van der Waals surface area (Å²) in [5.74, 6) is 0.504. The molecule has 0 spiro atoms. The quantitative estimate of drug-likeness (QED) is 0.161. The first-order chi connectivity index (χ1) is 27.4. The van der Waals surface area contributed by atoms with Gasteiger partial charge in [-0.1, -0.05) is 27.7 Å². The Labute approximate surface area is 333 Å². The highest BCUT2D eigenvalue weighted by molar-refractivity contribution is 5.87. The van der Waals surface area contributed by atoms with Gasteiger partial charge in [-0.15, -0.1) is 0 Å². The van der Waals surface area contributed by atoms with Crippen molar-refractivity contribution in [3.8, 4) is 0 Å². The zero-order valence-electron chi connectivity index (χ0n) is 34.2. The van der Waals surface area contributed by atoms with E-state index in [4.69, 9.17) is 19.4 Å². The number of benzene rings is 2. The minimum atomic E-state index is -0.683. The number of likely N-dealkylation sites (tertiary alicyclic amines) is 2. The Kier molecular flexibility index (Phi) is 11.6. The molecule has 5 heterocycles. The number of hydrogen-bond acceptors (Lipinski definition) is 10. The van der Waals surface area contributed by atoms with Crippen molar-refractivity contribution < 1.29 is 28.7 Å². The predicted octanol–water partition coefficient (Wildman–Crippen LogP) is 5.70. The van der Waals surface area contributed by atoms with Crippen LogP contribution in [0, 0.1) is 17.8 Å². The number of amides is 3. The zero-order chi connectivity index (χ0) is 40.5. The van der Waals surface area contributed by atoms with E-state index in [2.05, 4.69) is 62.3 Å². The fraction of sp³-hybridized carbons (Fsp3) is 0.571. The lowest BCUT2D eigenvalue weighted by Crippen LogP contribution is -2.52. The Morgan fingerprint density at radius 1 is 0.772 bits per heavy atom. The van der Waals surface area contributed by atoms with E-state index in [1.54, 1.807) is 0 Å². The van der Waals surface area contributed by atoms with Crippen LogP contribution in [-0.4, -0.2) is 113 Å². The lowest BCUT2D eigenvalue weighted by atomic mass is 9.91. The number of nitrogens with one attached hydrogen (secondary N) is 3. The number of rotatable bonds is 11. The highest BCUT2D eigenvalue weighted by Gasteiger charge is 2.39. The van der Waals surface area contributed by atoms with Gasteiger partial charge < -0.3 is 44.4 Å². The predicted molar refractivity (Wildman–Crippen MR) is 218 cm³/mol. The number of aromatic amines is 2. The Morgan fingerprint density at radius 2 is 1.35 bits per heavy atom. The second kappa shape index (κ2) is 16.6. The van der Waals surface area contributed by atoms with E-state index in [-0.39, 0.29) is 54.2 Å². The first-order valence-corrected chi connectivity index (χ1v) is 20.4. The molecule has 0 bridgehead atoms. The van der Waals surface area contributed by atoms with Crippen molar-refractivity contribution in [1.82, 2.24) is 35.1 Å². The molecule has 15 heteroatoms. The fourth-order valence-corrected chi connectivity index (χ4v) is 8.89. The molecule has 0 radical (unpaired) electrons. The number of carbonyl (C=O) groups is 4. The molecule has 3 fully saturated rings. The van der Waals surface area contributed by atoms with E-state index in [9.17, 15) is 19.2 Å². The van der Waals surface area contributed by atoms with Gasteiger partial charge in [-0.3, -0.25) is 14.4 Å². The molecule has 3 aliphatic heterocycles. The molecule has 4 aromatic rings. The van der Waals surface area contributed by atoms with Crippen LogP contribution in [0.4, 0.5) is 16.2 Å². The molecular formula is C42H57N9O6. The van der Waals surface area contributed by atoms with E-state index < -0.39 is 18.1 Å². The maximum absolute atomic E-state index is 13.7. The maximum Gasteiger partial charge on any atom is 0.407 e. The van der Waals surface area contributed by atoms with Gasteiger partial charge in [0.05, 0.1) is 60.7 Å². The number of methoxy groups -OCH3 is 2. The number of aromatic nitrogens is 4. The topological polar surface area (TPSA) is 169 Å². The molecule has 3 aliphatic rings. The maximum atomic E-state index is 13.7. The molecule has 2 aromatic heterocycles. The van der Waals surface area contributed by atoms with Crippen LogP contribution in [0.3, 0.4) is 0 Å². The molecule has 3 amide bonds. The molecule has 2 aromatic carbocycles. The first kappa shape index (κ1) is 39.9. The number of alkyl carbamates (subject to hydrolysis) is 1. The van der Waals surface area contributed by atoms with Crippen molar-refractivity contribution >= 4 is 57.3 Å². The molecule has 306 valence electrons. The van der Waals surface area contributed by atoms with Crippen molar-refractivity contribution in [3.05, 3.63) is 48.0 Å². The number of anilines is 2. The average Bonchev–Trinajstić information content (AvgIpc) is 4.03. The van der Waals surface area contributed by atoms with Gasteiger partial charge in [0.2, 0.25) is 11.8 Å². The summed E-state index contributed by atoms with van der Waals surface area (Å²) < 4.78 is 9.68. The first-order valence-electron chi connectivity index (χ1n) is 20.4. The molecule has 0 unspecified atom stereocenters. The van der Waals surface area contributed by atoms with Gasteiger partial charge in [0.1, 0.15) is 17.7 Å². The second-order valence-corrected chi connectivity index (χ2v) is 16.5. The largest absolute Gasteiger partial charge is 0.469 e. The third-order valence-corrected chi connectivity index (χ3v) is 12.1. The minimum Gasteiger partial charge on any atom is -0.469 e. The van der Waals surface area contributed by atoms with Gasteiger partial charge >= 0.3 is 12.1 Å². The van der Waals surface area contributed by atoms with Gasteiger partial charge in [-0.05, 0) is 80.8 Å². The van der Waals surface area contributed by atoms with E-state index in [1.807, 2.05) is 43.6 Å². The van der Waals surface area contributed by atoms with Crippen LogP contribution in [0.2, 0.25) is 0 Å². The van der Waals surface area contributed by atoms with Crippen molar-refractivity contribution in [2.45, 2.75) is 90.9 Å². The number of piperazine rings is 1. The standard InChI is InChI=1S/C42H57N9O6/c1-24(2)29(22-36(52)56-6)40(53)50-16-8-10-34(50)38-44-31-15-13-28(21-33(31)46-38)49-19-18-48(23-26(49)5)27-12-14-30-32(20-27)45-39(43-30)35-11-9-17-51(35)41(54)37(25(3)4)47-42(55)57-7/h12-15,20-21,24-26,29,34-35,37H,8-11,16-19,22-23H2,1-7H3,(H,43,45)(H,44,46)(H,47,55)/t26-,29+,34+,35+,37+/m1/s1. The van der Waals surface area contributed by atoms with E-state index in [1.165, 1.54) is 14.2 Å². The Bertz CT molecular complexity index is 2110. The lowest BCUT2D eigenvalue weighted by Gasteiger charge is -2.42. The number of carbonyl (C=O) groups excluding carboxylic acids is 4. The number of hydrogen-bond donors (Lipinski definition) is 3. The molecule has 7 rings (SSSR count). The summed E-state index contributed by atoms with van der Waals surface area (Å²) in [5.41, 5.74) is 5.81. The smallest absolute Gasteiger partial charge is 0.407 e. The Morgan fingerprint density at radius 3 is 1.89 bits per heavy atom. The molecule has 0 saturated carbocycles. The van der Waals surface area contributed by atoms with Crippen molar-refractivity contribution in [1.29, 1.82) is 0 Å². The summed E-state index contributed by atoms with van der Waals surface area (Å²) in [6, 6.07) is 11.9. The molecule has 3 saturated heterocycles. The molecular weight excluding hydrogens is 727 g/mol. The molecule has 3 N–H and O–H groups in total. The number of ether oxygens (including phenoxy) is 2. The van der Waals surface area contributed by atoms with Crippen LogP contribution in [-0.2, 0) is 23.9 Å². The second-order valence-electron chi connectivity index (χ2n) is 16.5. The highest BCUT2D eigenvalue weighted by atomic mass is 16.5. The monoisotopic (exact) mass is 783 g/mol. The van der Waals surface area contributed by atoms with E-state index in [0.29, 0.717) is 13.1 Å². The van der Waals surface area contributed by atoms with Crippen LogP contribution in [0.5, 0.6) is 0 Å². The zero-order valence-corrected chi connectivity index (χ0v) is 34.2. The number of imidazole rings is 2. The third-order valence-electron chi connectivity index (χ3n) is 12.1. The van der Waals surface area contributed by atoms with Crippen LogP contribution < -0.4 is 15.1 Å².